The Kier molecular flexibility index (Phi) is 33.0. The van der Waals surface area contributed by atoms with Gasteiger partial charge in [-0.2, -0.15) is 0 Å². The fraction of sp³-hybridized carbons (Fsp3) is 0.706. The second-order valence-corrected chi connectivity index (χ2v) is 18.6. The van der Waals surface area contributed by atoms with E-state index in [4.69, 9.17) is 23.8 Å². The lowest BCUT2D eigenvalue weighted by Gasteiger charge is -2.20. The Labute approximate surface area is 385 Å². The molecule has 0 fully saturated rings. The van der Waals surface area contributed by atoms with E-state index in [-0.39, 0.29) is 26.1 Å². The number of hydrogen-bond donors (Lipinski definition) is 3. The van der Waals surface area contributed by atoms with Gasteiger partial charge >= 0.3 is 25.7 Å². The predicted octanol–water partition coefficient (Wildman–Crippen LogP) is 12.2. The van der Waals surface area contributed by atoms with Crippen LogP contribution in [0.4, 0.5) is 0 Å². The first-order valence-corrected chi connectivity index (χ1v) is 26.2. The highest BCUT2D eigenvalue weighted by Crippen LogP contribution is 2.43. The number of unbranched alkanes of at least 4 members (excludes halogenated alkanes) is 21. The van der Waals surface area contributed by atoms with Crippen LogP contribution in [-0.2, 0) is 43.8 Å². The molecule has 0 heterocycles. The number of phosphoric ester groups is 1. The first-order chi connectivity index (χ1) is 31.1. The van der Waals surface area contributed by atoms with E-state index in [1.807, 2.05) is 12.1 Å². The zero-order valence-electron chi connectivity index (χ0n) is 39.4. The quantitative estimate of drug-likeness (QED) is 0.0249. The number of phosphoric acid groups is 1. The van der Waals surface area contributed by atoms with Crippen molar-refractivity contribution in [2.45, 2.75) is 199 Å². The largest absolute Gasteiger partial charge is 0.472 e. The van der Waals surface area contributed by atoms with Gasteiger partial charge in [0.05, 0.1) is 32.0 Å². The van der Waals surface area contributed by atoms with E-state index in [0.29, 0.717) is 31.2 Å². The van der Waals surface area contributed by atoms with Crippen LogP contribution < -0.4 is 0 Å². The molecule has 0 radical (unpaired) electrons. The average molecular weight is 919 g/mol. The van der Waals surface area contributed by atoms with Gasteiger partial charge in [-0.1, -0.05) is 172 Å². The number of esters is 3. The summed E-state index contributed by atoms with van der Waals surface area (Å²) < 4.78 is 38.2. The molecule has 12 nitrogen and oxygen atoms in total. The molecule has 0 bridgehead atoms. The molecule has 0 aromatic heterocycles. The van der Waals surface area contributed by atoms with Crippen LogP contribution in [0.1, 0.15) is 197 Å². The fourth-order valence-corrected chi connectivity index (χ4v) is 8.07. The Hall–Kier alpha value is -3.12. The van der Waals surface area contributed by atoms with E-state index in [1.54, 1.807) is 12.1 Å². The van der Waals surface area contributed by atoms with Crippen LogP contribution in [0.15, 0.2) is 48.5 Å². The van der Waals surface area contributed by atoms with Crippen molar-refractivity contribution in [3.63, 3.8) is 0 Å². The molecular formula is C51H83O12P. The Morgan fingerprint density at radius 3 is 1.53 bits per heavy atom. The number of hydrogen-bond acceptors (Lipinski definition) is 11. The third kappa shape index (κ3) is 29.4. The highest BCUT2D eigenvalue weighted by Gasteiger charge is 2.27. The lowest BCUT2D eigenvalue weighted by molar-refractivity contribution is -0.161. The summed E-state index contributed by atoms with van der Waals surface area (Å²) in [6.07, 6.45) is 26.1. The van der Waals surface area contributed by atoms with Gasteiger partial charge in [0.1, 0.15) is 12.7 Å². The maximum Gasteiger partial charge on any atom is 0.472 e. The van der Waals surface area contributed by atoms with Gasteiger partial charge in [-0.3, -0.25) is 18.6 Å². The summed E-state index contributed by atoms with van der Waals surface area (Å²) in [5, 5.41) is 18.4. The number of aryl methyl sites for hydroxylation is 1. The molecule has 13 heteroatoms. The Balaban J connectivity index is 1.67. The van der Waals surface area contributed by atoms with Crippen LogP contribution in [0.5, 0.6) is 0 Å². The van der Waals surface area contributed by atoms with E-state index in [9.17, 15) is 28.9 Å². The van der Waals surface area contributed by atoms with E-state index >= 15 is 0 Å². The van der Waals surface area contributed by atoms with Crippen molar-refractivity contribution in [3.8, 4) is 11.1 Å². The molecule has 2 aromatic rings. The van der Waals surface area contributed by atoms with Crippen LogP contribution in [-0.4, -0.2) is 78.3 Å². The second-order valence-electron chi connectivity index (χ2n) is 17.1. The molecule has 0 spiro atoms. The first-order valence-electron chi connectivity index (χ1n) is 24.7. The van der Waals surface area contributed by atoms with E-state index < -0.39 is 57.8 Å². The number of aliphatic hydroxyl groups is 2. The first kappa shape index (κ1) is 57.0. The summed E-state index contributed by atoms with van der Waals surface area (Å²) in [6.45, 7) is 2.33. The van der Waals surface area contributed by atoms with Gasteiger partial charge in [0, 0.05) is 12.8 Å². The maximum absolute atomic E-state index is 12.7. The van der Waals surface area contributed by atoms with Crippen molar-refractivity contribution in [1.29, 1.82) is 0 Å². The minimum Gasteiger partial charge on any atom is -0.462 e. The molecule has 64 heavy (non-hydrogen) atoms. The van der Waals surface area contributed by atoms with Crippen LogP contribution in [0.25, 0.3) is 11.1 Å². The number of carbonyl (C=O) groups excluding carboxylic acids is 3. The highest BCUT2D eigenvalue weighted by molar-refractivity contribution is 7.47. The molecular weight excluding hydrogens is 836 g/mol. The fourth-order valence-electron chi connectivity index (χ4n) is 7.28. The smallest absolute Gasteiger partial charge is 0.462 e. The van der Waals surface area contributed by atoms with Crippen molar-refractivity contribution in [2.24, 2.45) is 0 Å². The summed E-state index contributed by atoms with van der Waals surface area (Å²) in [5.41, 5.74) is 3.91. The SMILES string of the molecule is CCCCCCCCCCCCCCCCCC(=O)OC[C@H](COP(=O)(O)OC[C@@H](O)CO)OC(=O)CCCCCOC(=O)c1ccc(-c2ccc(CCCCCCCC)cc2)cc1. The summed E-state index contributed by atoms with van der Waals surface area (Å²) in [6, 6.07) is 16.0. The number of benzene rings is 2. The van der Waals surface area contributed by atoms with Crippen LogP contribution in [0.2, 0.25) is 0 Å². The van der Waals surface area contributed by atoms with E-state index in [2.05, 4.69) is 42.6 Å². The van der Waals surface area contributed by atoms with Gasteiger partial charge < -0.3 is 29.3 Å². The Morgan fingerprint density at radius 2 is 1.00 bits per heavy atom. The predicted molar refractivity (Wildman–Crippen MR) is 253 cm³/mol. The third-order valence-corrected chi connectivity index (χ3v) is 12.2. The molecule has 3 N–H and O–H groups in total. The van der Waals surface area contributed by atoms with Crippen molar-refractivity contribution < 1.29 is 57.3 Å². The minimum atomic E-state index is -4.68. The Morgan fingerprint density at radius 1 is 0.547 bits per heavy atom. The lowest BCUT2D eigenvalue weighted by atomic mass is 10.00. The zero-order chi connectivity index (χ0) is 46.5. The van der Waals surface area contributed by atoms with Crippen LogP contribution in [0, 0.1) is 0 Å². The molecule has 0 aliphatic rings. The lowest BCUT2D eigenvalue weighted by Crippen LogP contribution is -2.29. The molecule has 0 aliphatic carbocycles. The molecule has 1 unspecified atom stereocenters. The van der Waals surface area contributed by atoms with Crippen molar-refractivity contribution >= 4 is 25.7 Å². The number of aliphatic hydroxyl groups excluding tert-OH is 2. The molecule has 3 atom stereocenters. The average Bonchev–Trinajstić information content (AvgIpc) is 3.30. The van der Waals surface area contributed by atoms with Crippen molar-refractivity contribution in [2.75, 3.05) is 33.0 Å². The maximum atomic E-state index is 12.7. The minimum absolute atomic E-state index is 0.00891. The summed E-state index contributed by atoms with van der Waals surface area (Å²) in [4.78, 5) is 47.9. The van der Waals surface area contributed by atoms with Crippen molar-refractivity contribution in [1.82, 2.24) is 0 Å². The van der Waals surface area contributed by atoms with Gasteiger partial charge in [-0.05, 0) is 67.3 Å². The summed E-state index contributed by atoms with van der Waals surface area (Å²) >= 11 is 0. The molecule has 364 valence electrons. The van der Waals surface area contributed by atoms with Gasteiger partial charge in [0.25, 0.3) is 0 Å². The summed E-state index contributed by atoms with van der Waals surface area (Å²) in [5.74, 6) is -1.52. The monoisotopic (exact) mass is 919 g/mol. The molecule has 2 aromatic carbocycles. The third-order valence-electron chi connectivity index (χ3n) is 11.3. The number of carbonyl (C=O) groups is 3. The second kappa shape index (κ2) is 37.0. The van der Waals surface area contributed by atoms with E-state index in [0.717, 1.165) is 36.8 Å². The molecule has 2 rings (SSSR count). The van der Waals surface area contributed by atoms with Gasteiger partial charge in [-0.15, -0.1) is 0 Å². The summed E-state index contributed by atoms with van der Waals surface area (Å²) in [7, 11) is -4.68. The van der Waals surface area contributed by atoms with Crippen molar-refractivity contribution in [3.05, 3.63) is 59.7 Å². The van der Waals surface area contributed by atoms with E-state index in [1.165, 1.54) is 115 Å². The van der Waals surface area contributed by atoms with Crippen LogP contribution >= 0.6 is 7.82 Å². The highest BCUT2D eigenvalue weighted by atomic mass is 31.2. The van der Waals surface area contributed by atoms with Gasteiger partial charge in [0.2, 0.25) is 0 Å². The van der Waals surface area contributed by atoms with Gasteiger partial charge in [-0.25, -0.2) is 9.36 Å². The zero-order valence-corrected chi connectivity index (χ0v) is 40.3. The molecule has 0 saturated heterocycles. The molecule has 0 saturated carbocycles. The molecule has 0 amide bonds. The molecule has 0 aliphatic heterocycles. The van der Waals surface area contributed by atoms with Gasteiger partial charge in [0.15, 0.2) is 6.10 Å². The topological polar surface area (TPSA) is 175 Å². The standard InChI is InChI=1S/C51H83O12P/c1-3-5-7-9-11-12-13-14-15-16-17-18-19-21-24-28-49(54)60-41-48(42-62-64(57,58)61-40-47(53)39-52)63-50(55)29-25-22-26-38-59-51(56)46-36-34-45(35-37-46)44-32-30-43(31-33-44)27-23-20-10-8-6-4-2/h30-37,47-48,52-53H,3-29,38-42H2,1-2H3,(H,57,58)/t47-,48+/m0/s1. The number of rotatable bonds is 41. The van der Waals surface area contributed by atoms with Crippen LogP contribution in [0.3, 0.4) is 0 Å². The number of ether oxygens (including phenoxy) is 3. The Bertz CT molecular complexity index is 1530. The normalized spacial score (nSPS) is 13.3.